The highest BCUT2D eigenvalue weighted by Crippen LogP contribution is 2.28. The second-order valence-electron chi connectivity index (χ2n) is 3.92. The van der Waals surface area contributed by atoms with Gasteiger partial charge in [0.15, 0.2) is 0 Å². The maximum atomic E-state index is 11.3. The first kappa shape index (κ1) is 11.9. The average Bonchev–Trinajstić information content (AvgIpc) is 3.13. The van der Waals surface area contributed by atoms with Crippen molar-refractivity contribution >= 4 is 23.2 Å². The Morgan fingerprint density at radius 3 is 3.00 bits per heavy atom. The van der Waals surface area contributed by atoms with Crippen molar-refractivity contribution in [2.24, 2.45) is 5.92 Å². The van der Waals surface area contributed by atoms with E-state index in [0.29, 0.717) is 18.8 Å². The van der Waals surface area contributed by atoms with Gasteiger partial charge in [-0.2, -0.15) is 5.10 Å². The summed E-state index contributed by atoms with van der Waals surface area (Å²) in [5.74, 6) is 0.307. The molecule has 0 atom stereocenters. The van der Waals surface area contributed by atoms with Crippen molar-refractivity contribution in [3.8, 4) is 0 Å². The first-order chi connectivity index (χ1) is 8.18. The number of hydrogen-bond donors (Lipinski definition) is 3. The third-order valence-corrected chi connectivity index (χ3v) is 2.86. The Hall–Kier alpha value is -1.56. The van der Waals surface area contributed by atoms with Crippen LogP contribution in [0.5, 0.6) is 0 Å². The molecule has 3 N–H and O–H groups in total. The molecule has 1 heterocycles. The normalized spacial score (nSPS) is 14.4. The predicted octanol–water partition coefficient (Wildman–Crippen LogP) is 0.361. The number of nitrogens with one attached hydrogen (secondary N) is 3. The summed E-state index contributed by atoms with van der Waals surface area (Å²) in [5, 5.41) is 11.7. The summed E-state index contributed by atoms with van der Waals surface area (Å²) >= 11 is 5.76. The summed E-state index contributed by atoms with van der Waals surface area (Å²) in [5.41, 5.74) is 0.0368. The van der Waals surface area contributed by atoms with Crippen LogP contribution in [0.3, 0.4) is 0 Å². The Labute approximate surface area is 103 Å². The van der Waals surface area contributed by atoms with E-state index in [9.17, 15) is 9.59 Å². The molecule has 0 aromatic carbocycles. The lowest BCUT2D eigenvalue weighted by atomic mass is 10.4. The van der Waals surface area contributed by atoms with Crippen molar-refractivity contribution in [2.45, 2.75) is 12.8 Å². The zero-order valence-electron chi connectivity index (χ0n) is 9.12. The lowest BCUT2D eigenvalue weighted by Gasteiger charge is -2.07. The molecule has 0 spiro atoms. The average molecular weight is 257 g/mol. The molecule has 2 rings (SSSR count). The van der Waals surface area contributed by atoms with Gasteiger partial charge in [-0.3, -0.25) is 9.59 Å². The first-order valence-electron chi connectivity index (χ1n) is 5.43. The van der Waals surface area contributed by atoms with Crippen molar-refractivity contribution < 1.29 is 4.79 Å². The van der Waals surface area contributed by atoms with Gasteiger partial charge in [0.2, 0.25) is 5.91 Å². The number of amides is 1. The summed E-state index contributed by atoms with van der Waals surface area (Å²) in [7, 11) is 0. The Morgan fingerprint density at radius 2 is 2.29 bits per heavy atom. The summed E-state index contributed by atoms with van der Waals surface area (Å²) in [6.45, 7) is 1.00. The molecule has 1 aliphatic rings. The highest BCUT2D eigenvalue weighted by atomic mass is 35.5. The fourth-order valence-corrected chi connectivity index (χ4v) is 1.54. The quantitative estimate of drug-likeness (QED) is 0.664. The van der Waals surface area contributed by atoms with Crippen LogP contribution < -0.4 is 16.2 Å². The van der Waals surface area contributed by atoms with Crippen LogP contribution in [0, 0.1) is 5.92 Å². The molecule has 0 saturated heterocycles. The van der Waals surface area contributed by atoms with E-state index in [1.54, 1.807) is 0 Å². The fourth-order valence-electron chi connectivity index (χ4n) is 1.38. The molecule has 1 aromatic rings. The predicted molar refractivity (Wildman–Crippen MR) is 64.1 cm³/mol. The molecule has 1 aliphatic carbocycles. The highest BCUT2D eigenvalue weighted by molar-refractivity contribution is 6.32. The number of carbonyl (C=O) groups is 1. The van der Waals surface area contributed by atoms with E-state index in [1.165, 1.54) is 6.20 Å². The van der Waals surface area contributed by atoms with Crippen LogP contribution in [-0.2, 0) is 4.79 Å². The number of hydrogen-bond acceptors (Lipinski definition) is 4. The molecular weight excluding hydrogens is 244 g/mol. The summed E-state index contributed by atoms with van der Waals surface area (Å²) in [6, 6.07) is 0. The highest BCUT2D eigenvalue weighted by Gasteiger charge is 2.28. The van der Waals surface area contributed by atoms with Gasteiger partial charge in [0.1, 0.15) is 5.02 Å². The monoisotopic (exact) mass is 256 g/mol. The first-order valence-corrected chi connectivity index (χ1v) is 5.81. The summed E-state index contributed by atoms with van der Waals surface area (Å²) in [4.78, 5) is 22.4. The second kappa shape index (κ2) is 5.18. The number of H-pyrrole nitrogens is 1. The summed E-state index contributed by atoms with van der Waals surface area (Å²) < 4.78 is 0. The van der Waals surface area contributed by atoms with Gasteiger partial charge in [-0.15, -0.1) is 0 Å². The third-order valence-electron chi connectivity index (χ3n) is 2.48. The fraction of sp³-hybridized carbons (Fsp3) is 0.500. The Bertz CT molecular complexity index is 470. The lowest BCUT2D eigenvalue weighted by molar-refractivity contribution is -0.122. The minimum atomic E-state index is -0.432. The van der Waals surface area contributed by atoms with Gasteiger partial charge >= 0.3 is 0 Å². The van der Waals surface area contributed by atoms with E-state index in [-0.39, 0.29) is 16.8 Å². The molecule has 1 saturated carbocycles. The Morgan fingerprint density at radius 1 is 1.53 bits per heavy atom. The van der Waals surface area contributed by atoms with Gasteiger partial charge in [0.05, 0.1) is 11.9 Å². The molecule has 92 valence electrons. The minimum absolute atomic E-state index is 0.0773. The van der Waals surface area contributed by atoms with Crippen LogP contribution in [-0.4, -0.2) is 29.2 Å². The van der Waals surface area contributed by atoms with E-state index in [2.05, 4.69) is 20.8 Å². The maximum absolute atomic E-state index is 11.3. The molecule has 6 nitrogen and oxygen atoms in total. The molecule has 0 bridgehead atoms. The Balaban J connectivity index is 1.76. The maximum Gasteiger partial charge on any atom is 0.285 e. The van der Waals surface area contributed by atoms with E-state index < -0.39 is 5.56 Å². The lowest BCUT2D eigenvalue weighted by Crippen LogP contribution is -2.30. The van der Waals surface area contributed by atoms with Crippen LogP contribution in [0.2, 0.25) is 5.02 Å². The van der Waals surface area contributed by atoms with Gasteiger partial charge < -0.3 is 10.6 Å². The molecule has 17 heavy (non-hydrogen) atoms. The number of rotatable bonds is 5. The molecule has 7 heteroatoms. The molecule has 1 fully saturated rings. The minimum Gasteiger partial charge on any atom is -0.381 e. The number of halogens is 1. The van der Waals surface area contributed by atoms with Gasteiger partial charge in [-0.05, 0) is 12.8 Å². The molecule has 0 aliphatic heterocycles. The van der Waals surface area contributed by atoms with Gasteiger partial charge in [0.25, 0.3) is 5.56 Å². The molecular formula is C10H13ClN4O2. The standard InChI is InChI=1S/C10H13ClN4O2/c11-8-7(5-14-15-10(8)17)12-3-4-13-9(16)6-1-2-6/h5-6H,1-4H2,(H,13,16)(H2,12,15,17). The van der Waals surface area contributed by atoms with E-state index in [1.807, 2.05) is 0 Å². The zero-order chi connectivity index (χ0) is 12.3. The van der Waals surface area contributed by atoms with E-state index >= 15 is 0 Å². The number of aromatic nitrogens is 2. The largest absolute Gasteiger partial charge is 0.381 e. The second-order valence-corrected chi connectivity index (χ2v) is 4.30. The van der Waals surface area contributed by atoms with Crippen molar-refractivity contribution in [1.82, 2.24) is 15.5 Å². The smallest absolute Gasteiger partial charge is 0.285 e. The molecule has 1 amide bonds. The van der Waals surface area contributed by atoms with Crippen LogP contribution in [0.1, 0.15) is 12.8 Å². The topological polar surface area (TPSA) is 86.9 Å². The van der Waals surface area contributed by atoms with E-state index in [4.69, 9.17) is 11.6 Å². The SMILES string of the molecule is O=C(NCCNc1cn[nH]c(=O)c1Cl)C1CC1. The molecule has 0 radical (unpaired) electrons. The van der Waals surface area contributed by atoms with Crippen LogP contribution in [0.25, 0.3) is 0 Å². The van der Waals surface area contributed by atoms with Gasteiger partial charge in [-0.1, -0.05) is 11.6 Å². The van der Waals surface area contributed by atoms with Crippen LogP contribution in [0.4, 0.5) is 5.69 Å². The van der Waals surface area contributed by atoms with Crippen molar-refractivity contribution in [1.29, 1.82) is 0 Å². The molecule has 0 unspecified atom stereocenters. The summed E-state index contributed by atoms with van der Waals surface area (Å²) in [6.07, 6.45) is 3.42. The van der Waals surface area contributed by atoms with Gasteiger partial charge in [-0.25, -0.2) is 5.10 Å². The Kier molecular flexibility index (Phi) is 3.63. The van der Waals surface area contributed by atoms with Crippen molar-refractivity contribution in [2.75, 3.05) is 18.4 Å². The van der Waals surface area contributed by atoms with Crippen LogP contribution in [0.15, 0.2) is 11.0 Å². The zero-order valence-corrected chi connectivity index (χ0v) is 9.88. The third kappa shape index (κ3) is 3.20. The number of anilines is 1. The number of nitrogens with zero attached hydrogens (tertiary/aromatic N) is 1. The van der Waals surface area contributed by atoms with Crippen LogP contribution >= 0.6 is 11.6 Å². The molecule has 1 aromatic heterocycles. The van der Waals surface area contributed by atoms with Gasteiger partial charge in [0, 0.05) is 19.0 Å². The number of carbonyl (C=O) groups excluding carboxylic acids is 1. The number of aromatic amines is 1. The van der Waals surface area contributed by atoms with Crippen molar-refractivity contribution in [3.63, 3.8) is 0 Å². The van der Waals surface area contributed by atoms with E-state index in [0.717, 1.165) is 12.8 Å². The van der Waals surface area contributed by atoms with Crippen molar-refractivity contribution in [3.05, 3.63) is 21.6 Å².